The fourth-order valence-electron chi connectivity index (χ4n) is 1.94. The zero-order valence-corrected chi connectivity index (χ0v) is 11.9. The van der Waals surface area contributed by atoms with Gasteiger partial charge in [-0.2, -0.15) is 0 Å². The molecule has 0 bridgehead atoms. The first kappa shape index (κ1) is 14.0. The minimum absolute atomic E-state index is 0.121. The minimum atomic E-state index is -3.16. The van der Waals surface area contributed by atoms with E-state index in [1.165, 1.54) is 9.87 Å². The maximum Gasteiger partial charge on any atom is 0.230 e. The lowest BCUT2D eigenvalue weighted by molar-refractivity contribution is -0.122. The highest BCUT2D eigenvalue weighted by Gasteiger charge is 2.37. The predicted molar refractivity (Wildman–Crippen MR) is 74.4 cm³/mol. The Bertz CT molecular complexity index is 560. The molecule has 19 heavy (non-hydrogen) atoms. The van der Waals surface area contributed by atoms with Crippen molar-refractivity contribution in [3.8, 4) is 0 Å². The van der Waals surface area contributed by atoms with Crippen LogP contribution in [0.5, 0.6) is 0 Å². The minimum Gasteiger partial charge on any atom is -0.326 e. The van der Waals surface area contributed by atoms with E-state index in [2.05, 4.69) is 12.2 Å². The van der Waals surface area contributed by atoms with Crippen molar-refractivity contribution in [3.63, 3.8) is 0 Å². The third-order valence-electron chi connectivity index (χ3n) is 3.32. The molecule has 1 aromatic carbocycles. The number of amides is 1. The van der Waals surface area contributed by atoms with Gasteiger partial charge >= 0.3 is 0 Å². The molecule has 0 saturated carbocycles. The summed E-state index contributed by atoms with van der Waals surface area (Å²) in [6.45, 7) is 2.62. The number of rotatable bonds is 4. The van der Waals surface area contributed by atoms with Crippen LogP contribution >= 0.6 is 0 Å². The molecule has 0 aliphatic carbocycles. The average Bonchev–Trinajstić information content (AvgIpc) is 2.26. The van der Waals surface area contributed by atoms with Crippen LogP contribution in [0.1, 0.15) is 12.5 Å². The number of carbonyl (C=O) groups excluding carboxylic acids is 1. The topological polar surface area (TPSA) is 66.5 Å². The number of nitrogens with zero attached hydrogens (tertiary/aromatic N) is 1. The lowest BCUT2D eigenvalue weighted by Gasteiger charge is -2.35. The van der Waals surface area contributed by atoms with Gasteiger partial charge in [0.1, 0.15) is 0 Å². The van der Waals surface area contributed by atoms with Crippen molar-refractivity contribution in [1.82, 2.24) is 4.31 Å². The monoisotopic (exact) mass is 282 g/mol. The molecular formula is C13H18N2O3S. The van der Waals surface area contributed by atoms with Gasteiger partial charge in [-0.1, -0.05) is 19.1 Å². The predicted octanol–water partition coefficient (Wildman–Crippen LogP) is 1.08. The molecule has 1 aromatic rings. The van der Waals surface area contributed by atoms with E-state index in [9.17, 15) is 13.2 Å². The van der Waals surface area contributed by atoms with Crippen LogP contribution in [0, 0.1) is 5.92 Å². The molecule has 1 saturated heterocycles. The molecule has 0 aromatic heterocycles. The number of nitrogens with one attached hydrogen (secondary N) is 1. The van der Waals surface area contributed by atoms with E-state index in [4.69, 9.17) is 0 Å². The molecule has 1 fully saturated rings. The molecular weight excluding hydrogens is 264 g/mol. The molecule has 1 aliphatic heterocycles. The summed E-state index contributed by atoms with van der Waals surface area (Å²) in [6.07, 6.45) is 2.12. The van der Waals surface area contributed by atoms with Crippen molar-refractivity contribution in [2.24, 2.45) is 5.92 Å². The summed E-state index contributed by atoms with van der Waals surface area (Å²) in [6, 6.07) is 7.67. The quantitative estimate of drug-likeness (QED) is 0.898. The van der Waals surface area contributed by atoms with Gasteiger partial charge < -0.3 is 5.32 Å². The standard InChI is InChI=1S/C13H18N2O3S/c1-3-10-4-6-12(7-5-10)14-13(16)11-8-15(9-11)19(2,17)18/h4-7,11H,3,8-9H2,1-2H3,(H,14,16). The number of hydrogen-bond acceptors (Lipinski definition) is 3. The fourth-order valence-corrected chi connectivity index (χ4v) is 2.84. The zero-order valence-electron chi connectivity index (χ0n) is 11.1. The Morgan fingerprint density at radius 3 is 2.37 bits per heavy atom. The van der Waals surface area contributed by atoms with Crippen molar-refractivity contribution in [2.75, 3.05) is 24.7 Å². The van der Waals surface area contributed by atoms with Gasteiger partial charge in [-0.25, -0.2) is 12.7 Å². The van der Waals surface area contributed by atoms with Crippen LogP contribution < -0.4 is 5.32 Å². The Balaban J connectivity index is 1.89. The molecule has 6 heteroatoms. The smallest absolute Gasteiger partial charge is 0.230 e. The van der Waals surface area contributed by atoms with Crippen molar-refractivity contribution in [1.29, 1.82) is 0 Å². The summed E-state index contributed by atoms with van der Waals surface area (Å²) in [5, 5.41) is 2.81. The molecule has 0 radical (unpaired) electrons. The van der Waals surface area contributed by atoms with Gasteiger partial charge in [-0.15, -0.1) is 0 Å². The van der Waals surface area contributed by atoms with Crippen LogP contribution in [0.4, 0.5) is 5.69 Å². The van der Waals surface area contributed by atoms with E-state index < -0.39 is 10.0 Å². The van der Waals surface area contributed by atoms with Gasteiger partial charge in [-0.05, 0) is 24.1 Å². The fraction of sp³-hybridized carbons (Fsp3) is 0.462. The van der Waals surface area contributed by atoms with Crippen LogP contribution in [0.2, 0.25) is 0 Å². The molecule has 0 spiro atoms. The molecule has 0 unspecified atom stereocenters. The average molecular weight is 282 g/mol. The molecule has 104 valence electrons. The Hall–Kier alpha value is -1.40. The van der Waals surface area contributed by atoms with Gasteiger partial charge in [0.05, 0.1) is 12.2 Å². The number of carbonyl (C=O) groups is 1. The molecule has 2 rings (SSSR count). The van der Waals surface area contributed by atoms with Gasteiger partial charge in [0.25, 0.3) is 0 Å². The van der Waals surface area contributed by atoms with E-state index >= 15 is 0 Å². The second-order valence-electron chi connectivity index (χ2n) is 4.82. The Morgan fingerprint density at radius 1 is 1.32 bits per heavy atom. The van der Waals surface area contributed by atoms with Crippen molar-refractivity contribution in [3.05, 3.63) is 29.8 Å². The van der Waals surface area contributed by atoms with E-state index in [-0.39, 0.29) is 24.9 Å². The number of benzene rings is 1. The number of anilines is 1. The summed E-state index contributed by atoms with van der Waals surface area (Å²) in [5.74, 6) is -0.371. The lowest BCUT2D eigenvalue weighted by atomic mass is 10.0. The second-order valence-corrected chi connectivity index (χ2v) is 6.80. The Labute approximate surface area is 113 Å². The largest absolute Gasteiger partial charge is 0.326 e. The van der Waals surface area contributed by atoms with Crippen LogP contribution in [0.25, 0.3) is 0 Å². The van der Waals surface area contributed by atoms with Crippen molar-refractivity contribution < 1.29 is 13.2 Å². The second kappa shape index (κ2) is 5.30. The molecule has 0 atom stereocenters. The maximum atomic E-state index is 11.9. The summed E-state index contributed by atoms with van der Waals surface area (Å²) in [7, 11) is -3.16. The van der Waals surface area contributed by atoms with Crippen LogP contribution in [-0.2, 0) is 21.2 Å². The van der Waals surface area contributed by atoms with Crippen LogP contribution in [-0.4, -0.2) is 38.0 Å². The Kier molecular flexibility index (Phi) is 3.91. The van der Waals surface area contributed by atoms with Crippen LogP contribution in [0.15, 0.2) is 24.3 Å². The zero-order chi connectivity index (χ0) is 14.0. The number of aryl methyl sites for hydroxylation is 1. The molecule has 1 heterocycles. The molecule has 1 amide bonds. The summed E-state index contributed by atoms with van der Waals surface area (Å²) in [5.41, 5.74) is 1.96. The van der Waals surface area contributed by atoms with E-state index in [0.717, 1.165) is 18.4 Å². The van der Waals surface area contributed by atoms with Crippen molar-refractivity contribution in [2.45, 2.75) is 13.3 Å². The first-order valence-corrected chi connectivity index (χ1v) is 8.10. The normalized spacial score (nSPS) is 16.9. The van der Waals surface area contributed by atoms with Gasteiger partial charge in [-0.3, -0.25) is 4.79 Å². The van der Waals surface area contributed by atoms with Gasteiger partial charge in [0.15, 0.2) is 0 Å². The highest BCUT2D eigenvalue weighted by molar-refractivity contribution is 7.88. The van der Waals surface area contributed by atoms with Crippen molar-refractivity contribution >= 4 is 21.6 Å². The SMILES string of the molecule is CCc1ccc(NC(=O)C2CN(S(C)(=O)=O)C2)cc1. The molecule has 1 N–H and O–H groups in total. The third-order valence-corrected chi connectivity index (χ3v) is 4.55. The maximum absolute atomic E-state index is 11.9. The highest BCUT2D eigenvalue weighted by atomic mass is 32.2. The van der Waals surface area contributed by atoms with E-state index in [1.54, 1.807) is 0 Å². The van der Waals surface area contributed by atoms with E-state index in [1.807, 2.05) is 24.3 Å². The number of hydrogen-bond donors (Lipinski definition) is 1. The first-order chi connectivity index (χ1) is 8.90. The van der Waals surface area contributed by atoms with Gasteiger partial charge in [0, 0.05) is 18.8 Å². The third kappa shape index (κ3) is 3.33. The highest BCUT2D eigenvalue weighted by Crippen LogP contribution is 2.20. The van der Waals surface area contributed by atoms with Crippen LogP contribution in [0.3, 0.4) is 0 Å². The van der Waals surface area contributed by atoms with E-state index in [0.29, 0.717) is 0 Å². The lowest BCUT2D eigenvalue weighted by Crippen LogP contribution is -2.53. The number of sulfonamides is 1. The molecule has 5 nitrogen and oxygen atoms in total. The van der Waals surface area contributed by atoms with Gasteiger partial charge in [0.2, 0.25) is 15.9 Å². The summed E-state index contributed by atoms with van der Waals surface area (Å²) in [4.78, 5) is 11.9. The summed E-state index contributed by atoms with van der Waals surface area (Å²) < 4.78 is 23.7. The Morgan fingerprint density at radius 2 is 1.89 bits per heavy atom. The first-order valence-electron chi connectivity index (χ1n) is 6.25. The molecule has 1 aliphatic rings. The summed E-state index contributed by atoms with van der Waals surface area (Å²) >= 11 is 0.